The van der Waals surface area contributed by atoms with E-state index in [1.807, 2.05) is 13.8 Å². The highest BCUT2D eigenvalue weighted by atomic mass is 16.4. The van der Waals surface area contributed by atoms with E-state index < -0.39 is 12.0 Å². The molecule has 0 radical (unpaired) electrons. The number of hydrogen-bond acceptors (Lipinski definition) is 2. The number of carboxylic acids is 1. The lowest BCUT2D eigenvalue weighted by Crippen LogP contribution is -2.42. The van der Waals surface area contributed by atoms with Crippen LogP contribution in [0.5, 0.6) is 0 Å². The molecule has 1 saturated heterocycles. The topological polar surface area (TPSA) is 57.6 Å². The van der Waals surface area contributed by atoms with Crippen LogP contribution < -0.4 is 0 Å². The lowest BCUT2D eigenvalue weighted by atomic mass is 10.1. The van der Waals surface area contributed by atoms with Gasteiger partial charge in [-0.3, -0.25) is 4.79 Å². The molecule has 1 aliphatic heterocycles. The molecule has 1 fully saturated rings. The van der Waals surface area contributed by atoms with Crippen molar-refractivity contribution in [3.8, 4) is 0 Å². The molecule has 1 N–H and O–H groups in total. The normalized spacial score (nSPS) is 23.6. The van der Waals surface area contributed by atoms with Crippen molar-refractivity contribution in [2.75, 3.05) is 6.54 Å². The highest BCUT2D eigenvalue weighted by molar-refractivity contribution is 5.85. The molecule has 14 heavy (non-hydrogen) atoms. The van der Waals surface area contributed by atoms with Gasteiger partial charge in [-0.1, -0.05) is 13.8 Å². The Kier molecular flexibility index (Phi) is 3.49. The third kappa shape index (κ3) is 2.05. The predicted octanol–water partition coefficient (Wildman–Crippen LogP) is 1.11. The maximum Gasteiger partial charge on any atom is 0.326 e. The van der Waals surface area contributed by atoms with Gasteiger partial charge in [-0.15, -0.1) is 0 Å². The SMILES string of the molecule is CCC(C)C(=O)N1CCCC1C(=O)O. The van der Waals surface area contributed by atoms with E-state index in [-0.39, 0.29) is 11.8 Å². The van der Waals surface area contributed by atoms with E-state index in [0.29, 0.717) is 13.0 Å². The summed E-state index contributed by atoms with van der Waals surface area (Å²) >= 11 is 0. The first kappa shape index (κ1) is 11.0. The first-order valence-corrected chi connectivity index (χ1v) is 5.11. The van der Waals surface area contributed by atoms with E-state index in [1.54, 1.807) is 0 Å². The zero-order chi connectivity index (χ0) is 10.7. The fourth-order valence-corrected chi connectivity index (χ4v) is 1.74. The fourth-order valence-electron chi connectivity index (χ4n) is 1.74. The first-order valence-electron chi connectivity index (χ1n) is 5.11. The van der Waals surface area contributed by atoms with Crippen molar-refractivity contribution in [3.05, 3.63) is 0 Å². The van der Waals surface area contributed by atoms with Crippen LogP contribution in [-0.2, 0) is 9.59 Å². The number of aliphatic carboxylic acids is 1. The van der Waals surface area contributed by atoms with Crippen LogP contribution in [0.1, 0.15) is 33.1 Å². The zero-order valence-electron chi connectivity index (χ0n) is 8.69. The Hall–Kier alpha value is -1.06. The Labute approximate surface area is 83.9 Å². The zero-order valence-corrected chi connectivity index (χ0v) is 8.69. The van der Waals surface area contributed by atoms with Crippen molar-refractivity contribution in [1.29, 1.82) is 0 Å². The number of carbonyl (C=O) groups excluding carboxylic acids is 1. The van der Waals surface area contributed by atoms with Crippen molar-refractivity contribution in [2.45, 2.75) is 39.2 Å². The maximum atomic E-state index is 11.8. The van der Waals surface area contributed by atoms with Gasteiger partial charge >= 0.3 is 5.97 Å². The van der Waals surface area contributed by atoms with Gasteiger partial charge in [0, 0.05) is 12.5 Å². The summed E-state index contributed by atoms with van der Waals surface area (Å²) in [4.78, 5) is 24.1. The molecule has 80 valence electrons. The van der Waals surface area contributed by atoms with Gasteiger partial charge in [-0.25, -0.2) is 4.79 Å². The lowest BCUT2D eigenvalue weighted by Gasteiger charge is -2.24. The highest BCUT2D eigenvalue weighted by Crippen LogP contribution is 2.20. The van der Waals surface area contributed by atoms with E-state index in [4.69, 9.17) is 5.11 Å². The van der Waals surface area contributed by atoms with Crippen molar-refractivity contribution in [3.63, 3.8) is 0 Å². The Morgan fingerprint density at radius 3 is 2.71 bits per heavy atom. The van der Waals surface area contributed by atoms with E-state index in [9.17, 15) is 9.59 Å². The molecule has 1 aliphatic rings. The molecule has 0 aromatic rings. The first-order chi connectivity index (χ1) is 6.57. The molecule has 1 amide bonds. The van der Waals surface area contributed by atoms with Crippen LogP contribution in [0, 0.1) is 5.92 Å². The van der Waals surface area contributed by atoms with E-state index in [2.05, 4.69) is 0 Å². The van der Waals surface area contributed by atoms with Crippen LogP contribution in [0.25, 0.3) is 0 Å². The third-order valence-electron chi connectivity index (χ3n) is 2.85. The van der Waals surface area contributed by atoms with Gasteiger partial charge in [-0.05, 0) is 19.3 Å². The summed E-state index contributed by atoms with van der Waals surface area (Å²) in [5.74, 6) is -0.952. The van der Waals surface area contributed by atoms with Crippen LogP contribution in [-0.4, -0.2) is 34.5 Å². The molecular formula is C10H17NO3. The molecule has 1 rings (SSSR count). The number of carbonyl (C=O) groups is 2. The van der Waals surface area contributed by atoms with Crippen molar-refractivity contribution in [1.82, 2.24) is 4.90 Å². The van der Waals surface area contributed by atoms with E-state index in [0.717, 1.165) is 12.8 Å². The number of rotatable bonds is 3. The summed E-state index contributed by atoms with van der Waals surface area (Å²) in [5.41, 5.74) is 0. The molecule has 0 aromatic carbocycles. The summed E-state index contributed by atoms with van der Waals surface area (Å²) in [6, 6.07) is -0.587. The second-order valence-corrected chi connectivity index (χ2v) is 3.84. The number of carboxylic acid groups (broad SMARTS) is 1. The minimum Gasteiger partial charge on any atom is -0.480 e. The van der Waals surface area contributed by atoms with Gasteiger partial charge in [-0.2, -0.15) is 0 Å². The van der Waals surface area contributed by atoms with Gasteiger partial charge in [0.25, 0.3) is 0 Å². The summed E-state index contributed by atoms with van der Waals surface area (Å²) < 4.78 is 0. The van der Waals surface area contributed by atoms with Crippen LogP contribution in [0.4, 0.5) is 0 Å². The quantitative estimate of drug-likeness (QED) is 0.740. The molecule has 0 aromatic heterocycles. The minimum atomic E-state index is -0.876. The Morgan fingerprint density at radius 2 is 2.21 bits per heavy atom. The average Bonchev–Trinajstić information content (AvgIpc) is 2.63. The van der Waals surface area contributed by atoms with Crippen LogP contribution >= 0.6 is 0 Å². The maximum absolute atomic E-state index is 11.8. The molecule has 1 heterocycles. The van der Waals surface area contributed by atoms with E-state index in [1.165, 1.54) is 4.90 Å². The Bertz CT molecular complexity index is 240. The minimum absolute atomic E-state index is 0.0163. The summed E-state index contributed by atoms with van der Waals surface area (Å²) in [7, 11) is 0. The molecular weight excluding hydrogens is 182 g/mol. The lowest BCUT2D eigenvalue weighted by molar-refractivity contribution is -0.149. The smallest absolute Gasteiger partial charge is 0.326 e. The molecule has 2 unspecified atom stereocenters. The standard InChI is InChI=1S/C10H17NO3/c1-3-7(2)9(12)11-6-4-5-8(11)10(13)14/h7-8H,3-6H2,1-2H3,(H,13,14). The molecule has 4 nitrogen and oxygen atoms in total. The number of hydrogen-bond donors (Lipinski definition) is 1. The van der Waals surface area contributed by atoms with Gasteiger partial charge < -0.3 is 10.0 Å². The summed E-state index contributed by atoms with van der Waals surface area (Å²) in [5, 5.41) is 8.89. The largest absolute Gasteiger partial charge is 0.480 e. The monoisotopic (exact) mass is 199 g/mol. The fraction of sp³-hybridized carbons (Fsp3) is 0.800. The molecule has 0 saturated carbocycles. The van der Waals surface area contributed by atoms with Crippen LogP contribution in [0.15, 0.2) is 0 Å². The molecule has 0 spiro atoms. The van der Waals surface area contributed by atoms with Crippen molar-refractivity contribution in [2.24, 2.45) is 5.92 Å². The van der Waals surface area contributed by atoms with Crippen molar-refractivity contribution < 1.29 is 14.7 Å². The Balaban J connectivity index is 2.67. The average molecular weight is 199 g/mol. The predicted molar refractivity (Wildman–Crippen MR) is 51.8 cm³/mol. The second-order valence-electron chi connectivity index (χ2n) is 3.84. The van der Waals surface area contributed by atoms with Gasteiger partial charge in [0.1, 0.15) is 6.04 Å². The molecule has 0 bridgehead atoms. The van der Waals surface area contributed by atoms with Crippen LogP contribution in [0.3, 0.4) is 0 Å². The summed E-state index contributed by atoms with van der Waals surface area (Å²) in [6.07, 6.45) is 2.17. The van der Waals surface area contributed by atoms with Crippen molar-refractivity contribution >= 4 is 11.9 Å². The molecule has 2 atom stereocenters. The van der Waals surface area contributed by atoms with Gasteiger partial charge in [0.15, 0.2) is 0 Å². The van der Waals surface area contributed by atoms with Gasteiger partial charge in [0.2, 0.25) is 5.91 Å². The highest BCUT2D eigenvalue weighted by Gasteiger charge is 2.35. The van der Waals surface area contributed by atoms with E-state index >= 15 is 0 Å². The van der Waals surface area contributed by atoms with Crippen LogP contribution in [0.2, 0.25) is 0 Å². The number of amides is 1. The number of likely N-dealkylation sites (tertiary alicyclic amines) is 1. The number of nitrogens with zero attached hydrogens (tertiary/aromatic N) is 1. The molecule has 4 heteroatoms. The molecule has 0 aliphatic carbocycles. The second kappa shape index (κ2) is 4.44. The third-order valence-corrected chi connectivity index (χ3v) is 2.85. The summed E-state index contributed by atoms with van der Waals surface area (Å²) in [6.45, 7) is 4.38. The van der Waals surface area contributed by atoms with Gasteiger partial charge in [0.05, 0.1) is 0 Å². The Morgan fingerprint density at radius 1 is 1.57 bits per heavy atom.